The van der Waals surface area contributed by atoms with E-state index in [1.165, 1.54) is 21.3 Å². The summed E-state index contributed by atoms with van der Waals surface area (Å²) in [4.78, 5) is 13.0. The molecular formula is C21H23N3O4. The molecule has 0 atom stereocenters. The number of aromatic nitrogens is 2. The first kappa shape index (κ1) is 19.3. The summed E-state index contributed by atoms with van der Waals surface area (Å²) in [6.07, 6.45) is 0. The molecule has 0 bridgehead atoms. The Balaban J connectivity index is 1.95. The van der Waals surface area contributed by atoms with Crippen molar-refractivity contribution >= 4 is 11.6 Å². The lowest BCUT2D eigenvalue weighted by Gasteiger charge is -2.14. The van der Waals surface area contributed by atoms with Gasteiger partial charge in [0.15, 0.2) is 11.5 Å². The molecule has 28 heavy (non-hydrogen) atoms. The van der Waals surface area contributed by atoms with Crippen molar-refractivity contribution in [1.82, 2.24) is 9.78 Å². The number of hydrogen-bond donors (Lipinski definition) is 1. The lowest BCUT2D eigenvalue weighted by atomic mass is 10.1. The molecule has 0 fully saturated rings. The van der Waals surface area contributed by atoms with E-state index in [1.54, 1.807) is 16.8 Å². The standard InChI is InChI=1S/C21H23N3O4/c1-13-19(14(2)24(23-13)16-9-7-6-8-10-16)21(25)22-15-11-17(26-3)20(28-5)18(12-15)27-4/h6-12H,1-5H3,(H,22,25). The minimum atomic E-state index is -0.258. The average molecular weight is 381 g/mol. The Kier molecular flexibility index (Phi) is 5.54. The molecule has 0 unspecified atom stereocenters. The Hall–Kier alpha value is -3.48. The highest BCUT2D eigenvalue weighted by molar-refractivity contribution is 6.06. The maximum atomic E-state index is 13.0. The van der Waals surface area contributed by atoms with Crippen molar-refractivity contribution < 1.29 is 19.0 Å². The highest BCUT2D eigenvalue weighted by atomic mass is 16.5. The second-order valence-corrected chi connectivity index (χ2v) is 6.16. The van der Waals surface area contributed by atoms with E-state index in [-0.39, 0.29) is 5.91 Å². The van der Waals surface area contributed by atoms with Crippen LogP contribution in [0.4, 0.5) is 5.69 Å². The fraction of sp³-hybridized carbons (Fsp3) is 0.238. The minimum absolute atomic E-state index is 0.258. The van der Waals surface area contributed by atoms with Crippen LogP contribution in [-0.2, 0) is 0 Å². The van der Waals surface area contributed by atoms with Crippen LogP contribution in [0.1, 0.15) is 21.7 Å². The number of nitrogens with zero attached hydrogens (tertiary/aromatic N) is 2. The van der Waals surface area contributed by atoms with Gasteiger partial charge in [-0.25, -0.2) is 4.68 Å². The number of carbonyl (C=O) groups excluding carboxylic acids is 1. The van der Waals surface area contributed by atoms with E-state index in [1.807, 2.05) is 44.2 Å². The van der Waals surface area contributed by atoms with Crippen molar-refractivity contribution in [1.29, 1.82) is 0 Å². The average Bonchev–Trinajstić information content (AvgIpc) is 3.01. The molecular weight excluding hydrogens is 358 g/mol. The van der Waals surface area contributed by atoms with Gasteiger partial charge in [-0.3, -0.25) is 4.79 Å². The van der Waals surface area contributed by atoms with Crippen LogP contribution in [0.15, 0.2) is 42.5 Å². The molecule has 3 aromatic rings. The van der Waals surface area contributed by atoms with Crippen molar-refractivity contribution in [3.63, 3.8) is 0 Å². The third-order valence-corrected chi connectivity index (χ3v) is 4.44. The van der Waals surface area contributed by atoms with Crippen LogP contribution < -0.4 is 19.5 Å². The summed E-state index contributed by atoms with van der Waals surface area (Å²) in [6, 6.07) is 13.1. The van der Waals surface area contributed by atoms with Crippen molar-refractivity contribution in [3.05, 3.63) is 59.4 Å². The number of aryl methyl sites for hydroxylation is 1. The molecule has 3 rings (SSSR count). The van der Waals surface area contributed by atoms with E-state index in [4.69, 9.17) is 14.2 Å². The Morgan fingerprint density at radius 1 is 0.964 bits per heavy atom. The smallest absolute Gasteiger partial charge is 0.259 e. The maximum Gasteiger partial charge on any atom is 0.259 e. The van der Waals surface area contributed by atoms with E-state index in [0.29, 0.717) is 34.2 Å². The van der Waals surface area contributed by atoms with Gasteiger partial charge in [-0.1, -0.05) is 18.2 Å². The van der Waals surface area contributed by atoms with Crippen molar-refractivity contribution in [2.75, 3.05) is 26.6 Å². The summed E-state index contributed by atoms with van der Waals surface area (Å²) in [7, 11) is 4.59. The number of hydrogen-bond acceptors (Lipinski definition) is 5. The molecule has 1 heterocycles. The molecule has 0 aliphatic heterocycles. The molecule has 7 heteroatoms. The Labute approximate surface area is 163 Å². The van der Waals surface area contributed by atoms with Gasteiger partial charge in [0.2, 0.25) is 5.75 Å². The van der Waals surface area contributed by atoms with Crippen LogP contribution in [0.3, 0.4) is 0 Å². The normalized spacial score (nSPS) is 10.5. The molecule has 1 amide bonds. The van der Waals surface area contributed by atoms with Gasteiger partial charge >= 0.3 is 0 Å². The summed E-state index contributed by atoms with van der Waals surface area (Å²) in [6.45, 7) is 3.69. The summed E-state index contributed by atoms with van der Waals surface area (Å²) in [5, 5.41) is 7.42. The number of anilines is 1. The SMILES string of the molecule is COc1cc(NC(=O)c2c(C)nn(-c3ccccc3)c2C)cc(OC)c1OC. The number of nitrogens with one attached hydrogen (secondary N) is 1. The number of rotatable bonds is 6. The van der Waals surface area contributed by atoms with E-state index in [2.05, 4.69) is 10.4 Å². The van der Waals surface area contributed by atoms with E-state index < -0.39 is 0 Å². The van der Waals surface area contributed by atoms with Gasteiger partial charge in [-0.2, -0.15) is 5.10 Å². The van der Waals surface area contributed by atoms with Gasteiger partial charge < -0.3 is 19.5 Å². The zero-order valence-electron chi connectivity index (χ0n) is 16.6. The first-order valence-corrected chi connectivity index (χ1v) is 8.73. The molecule has 0 radical (unpaired) electrons. The van der Waals surface area contributed by atoms with Gasteiger partial charge in [0.1, 0.15) is 0 Å². The quantitative estimate of drug-likeness (QED) is 0.704. The summed E-state index contributed by atoms with van der Waals surface area (Å²) in [5.74, 6) is 1.13. The van der Waals surface area contributed by atoms with Crippen LogP contribution in [-0.4, -0.2) is 37.0 Å². The fourth-order valence-corrected chi connectivity index (χ4v) is 3.14. The Morgan fingerprint density at radius 2 is 1.57 bits per heavy atom. The van der Waals surface area contributed by atoms with Gasteiger partial charge in [0.05, 0.1) is 44.0 Å². The highest BCUT2D eigenvalue weighted by Crippen LogP contribution is 2.40. The molecule has 0 saturated carbocycles. The number of amides is 1. The molecule has 0 saturated heterocycles. The van der Waals surface area contributed by atoms with Crippen LogP contribution in [0.25, 0.3) is 5.69 Å². The zero-order valence-corrected chi connectivity index (χ0v) is 16.6. The van der Waals surface area contributed by atoms with Gasteiger partial charge in [0, 0.05) is 17.8 Å². The Morgan fingerprint density at radius 3 is 2.11 bits per heavy atom. The van der Waals surface area contributed by atoms with Crippen molar-refractivity contribution in [3.8, 4) is 22.9 Å². The van der Waals surface area contributed by atoms with E-state index in [9.17, 15) is 4.79 Å². The molecule has 1 N–H and O–H groups in total. The third-order valence-electron chi connectivity index (χ3n) is 4.44. The van der Waals surface area contributed by atoms with Crippen molar-refractivity contribution in [2.45, 2.75) is 13.8 Å². The Bertz CT molecular complexity index is 971. The second-order valence-electron chi connectivity index (χ2n) is 6.16. The zero-order chi connectivity index (χ0) is 20.3. The highest BCUT2D eigenvalue weighted by Gasteiger charge is 2.21. The molecule has 146 valence electrons. The largest absolute Gasteiger partial charge is 0.493 e. The van der Waals surface area contributed by atoms with Crippen LogP contribution >= 0.6 is 0 Å². The number of para-hydroxylation sites is 1. The molecule has 0 spiro atoms. The van der Waals surface area contributed by atoms with E-state index in [0.717, 1.165) is 11.4 Å². The first-order chi connectivity index (χ1) is 13.5. The summed E-state index contributed by atoms with van der Waals surface area (Å²) >= 11 is 0. The molecule has 0 aliphatic rings. The fourth-order valence-electron chi connectivity index (χ4n) is 3.14. The second kappa shape index (κ2) is 8.04. The van der Waals surface area contributed by atoms with Crippen LogP contribution in [0, 0.1) is 13.8 Å². The lowest BCUT2D eigenvalue weighted by molar-refractivity contribution is 0.102. The monoisotopic (exact) mass is 381 g/mol. The number of ether oxygens (including phenoxy) is 3. The topological polar surface area (TPSA) is 74.6 Å². The summed E-state index contributed by atoms with van der Waals surface area (Å²) in [5.41, 5.74) is 3.36. The third kappa shape index (κ3) is 3.51. The lowest BCUT2D eigenvalue weighted by Crippen LogP contribution is -2.14. The van der Waals surface area contributed by atoms with Gasteiger partial charge in [-0.05, 0) is 26.0 Å². The molecule has 7 nitrogen and oxygen atoms in total. The van der Waals surface area contributed by atoms with E-state index >= 15 is 0 Å². The molecule has 1 aromatic heterocycles. The van der Waals surface area contributed by atoms with Gasteiger partial charge in [0.25, 0.3) is 5.91 Å². The molecule has 0 aliphatic carbocycles. The van der Waals surface area contributed by atoms with Crippen molar-refractivity contribution in [2.24, 2.45) is 0 Å². The van der Waals surface area contributed by atoms with Crippen LogP contribution in [0.5, 0.6) is 17.2 Å². The number of methoxy groups -OCH3 is 3. The number of carbonyl (C=O) groups is 1. The van der Waals surface area contributed by atoms with Crippen LogP contribution in [0.2, 0.25) is 0 Å². The number of benzene rings is 2. The maximum absolute atomic E-state index is 13.0. The predicted octanol–water partition coefficient (Wildman–Crippen LogP) is 3.77. The van der Waals surface area contributed by atoms with Gasteiger partial charge in [-0.15, -0.1) is 0 Å². The first-order valence-electron chi connectivity index (χ1n) is 8.73. The summed E-state index contributed by atoms with van der Waals surface area (Å²) < 4.78 is 17.8. The predicted molar refractivity (Wildman–Crippen MR) is 107 cm³/mol. The molecule has 2 aromatic carbocycles. The minimum Gasteiger partial charge on any atom is -0.493 e.